The van der Waals surface area contributed by atoms with E-state index in [9.17, 15) is 9.59 Å². The predicted octanol–water partition coefficient (Wildman–Crippen LogP) is 3.39. The first-order chi connectivity index (χ1) is 9.58. The molecule has 1 spiro atoms. The van der Waals surface area contributed by atoms with E-state index in [0.29, 0.717) is 5.56 Å². The minimum atomic E-state index is -0.416. The van der Waals surface area contributed by atoms with Gasteiger partial charge in [0.15, 0.2) is 0 Å². The average molecular weight is 338 g/mol. The summed E-state index contributed by atoms with van der Waals surface area (Å²) in [7, 11) is 1.35. The quantitative estimate of drug-likeness (QED) is 0.799. The second-order valence-electron chi connectivity index (χ2n) is 5.47. The molecule has 0 bridgehead atoms. The Morgan fingerprint density at radius 3 is 2.65 bits per heavy atom. The maximum Gasteiger partial charge on any atom is 0.337 e. The highest BCUT2D eigenvalue weighted by Gasteiger charge is 2.48. The molecule has 0 atom stereocenters. The first kappa shape index (κ1) is 13.6. The third-order valence-corrected chi connectivity index (χ3v) is 5.01. The summed E-state index contributed by atoms with van der Waals surface area (Å²) in [5, 5.41) is 2.94. The Morgan fingerprint density at radius 2 is 2.00 bits per heavy atom. The van der Waals surface area contributed by atoms with E-state index in [1.807, 2.05) is 0 Å². The van der Waals surface area contributed by atoms with Crippen LogP contribution in [0.3, 0.4) is 0 Å². The lowest BCUT2D eigenvalue weighted by Crippen LogP contribution is -2.36. The summed E-state index contributed by atoms with van der Waals surface area (Å²) in [4.78, 5) is 24.1. The fraction of sp³-hybridized carbons (Fsp3) is 0.467. The van der Waals surface area contributed by atoms with E-state index in [-0.39, 0.29) is 5.91 Å². The summed E-state index contributed by atoms with van der Waals surface area (Å²) in [5.74, 6) is -0.331. The van der Waals surface area contributed by atoms with Crippen LogP contribution in [-0.4, -0.2) is 19.0 Å². The van der Waals surface area contributed by atoms with Gasteiger partial charge >= 0.3 is 5.97 Å². The normalized spacial score (nSPS) is 19.6. The van der Waals surface area contributed by atoms with Crippen molar-refractivity contribution < 1.29 is 14.3 Å². The Morgan fingerprint density at radius 1 is 1.30 bits per heavy atom. The minimum Gasteiger partial charge on any atom is -0.465 e. The molecule has 1 aromatic carbocycles. The van der Waals surface area contributed by atoms with Crippen molar-refractivity contribution in [1.82, 2.24) is 0 Å². The van der Waals surface area contributed by atoms with Gasteiger partial charge in [0.1, 0.15) is 0 Å². The monoisotopic (exact) mass is 337 g/mol. The van der Waals surface area contributed by atoms with Crippen LogP contribution in [0.4, 0.5) is 5.69 Å². The lowest BCUT2D eigenvalue weighted by molar-refractivity contribution is -0.121. The van der Waals surface area contributed by atoms with Gasteiger partial charge in [0, 0.05) is 15.7 Å². The van der Waals surface area contributed by atoms with Crippen molar-refractivity contribution in [3.63, 3.8) is 0 Å². The predicted molar refractivity (Wildman–Crippen MR) is 78.9 cm³/mol. The van der Waals surface area contributed by atoms with Crippen LogP contribution in [0.2, 0.25) is 0 Å². The topological polar surface area (TPSA) is 55.4 Å². The molecule has 0 unspecified atom stereocenters. The highest BCUT2D eigenvalue weighted by molar-refractivity contribution is 9.10. The molecular formula is C15H16BrNO3. The molecule has 2 aliphatic rings. The standard InChI is InChI=1S/C15H16BrNO3/c1-20-13(18)9-7-10(16)12-11(8-9)17-14(19)15(12)5-3-2-4-6-15/h7-8H,2-6H2,1H3,(H,17,19). The molecule has 1 fully saturated rings. The Kier molecular flexibility index (Phi) is 3.32. The number of methoxy groups -OCH3 is 1. The summed E-state index contributed by atoms with van der Waals surface area (Å²) in [6, 6.07) is 3.47. The van der Waals surface area contributed by atoms with E-state index in [1.165, 1.54) is 13.5 Å². The lowest BCUT2D eigenvalue weighted by Gasteiger charge is -2.32. The third-order valence-electron chi connectivity index (χ3n) is 4.38. The maximum atomic E-state index is 12.5. The fourth-order valence-corrected chi connectivity index (χ4v) is 4.25. The van der Waals surface area contributed by atoms with Crippen LogP contribution in [0.25, 0.3) is 0 Å². The summed E-state index contributed by atoms with van der Waals surface area (Å²) < 4.78 is 5.56. The largest absolute Gasteiger partial charge is 0.465 e. The third kappa shape index (κ3) is 1.87. The van der Waals surface area contributed by atoms with Crippen LogP contribution in [0.15, 0.2) is 16.6 Å². The van der Waals surface area contributed by atoms with Crippen molar-refractivity contribution in [2.24, 2.45) is 0 Å². The SMILES string of the molecule is COC(=O)c1cc(Br)c2c(c1)NC(=O)C21CCCCC1. The van der Waals surface area contributed by atoms with E-state index in [0.717, 1.165) is 41.4 Å². The van der Waals surface area contributed by atoms with Gasteiger partial charge in [-0.2, -0.15) is 0 Å². The number of anilines is 1. The van der Waals surface area contributed by atoms with Gasteiger partial charge in [-0.25, -0.2) is 4.79 Å². The number of amides is 1. The molecule has 1 saturated carbocycles. The number of esters is 1. The van der Waals surface area contributed by atoms with Crippen LogP contribution < -0.4 is 5.32 Å². The van der Waals surface area contributed by atoms with E-state index < -0.39 is 11.4 Å². The second-order valence-corrected chi connectivity index (χ2v) is 6.32. The van der Waals surface area contributed by atoms with Crippen molar-refractivity contribution in [2.45, 2.75) is 37.5 Å². The Bertz CT molecular complexity index is 591. The van der Waals surface area contributed by atoms with E-state index in [4.69, 9.17) is 4.74 Å². The van der Waals surface area contributed by atoms with Crippen LogP contribution >= 0.6 is 15.9 Å². The van der Waals surface area contributed by atoms with Crippen LogP contribution in [0.5, 0.6) is 0 Å². The van der Waals surface area contributed by atoms with Gasteiger partial charge in [-0.3, -0.25) is 4.79 Å². The van der Waals surface area contributed by atoms with Gasteiger partial charge in [-0.15, -0.1) is 0 Å². The number of rotatable bonds is 1. The van der Waals surface area contributed by atoms with Gasteiger partial charge in [0.2, 0.25) is 5.91 Å². The summed E-state index contributed by atoms with van der Waals surface area (Å²) in [5.41, 5.74) is 1.79. The van der Waals surface area contributed by atoms with Crippen molar-refractivity contribution in [1.29, 1.82) is 0 Å². The molecule has 4 nitrogen and oxygen atoms in total. The van der Waals surface area contributed by atoms with Crippen LogP contribution in [0.1, 0.15) is 48.0 Å². The van der Waals surface area contributed by atoms with Crippen molar-refractivity contribution in [3.05, 3.63) is 27.7 Å². The molecule has 1 aliphatic carbocycles. The zero-order valence-corrected chi connectivity index (χ0v) is 12.9. The summed E-state index contributed by atoms with van der Waals surface area (Å²) >= 11 is 3.53. The van der Waals surface area contributed by atoms with Crippen molar-refractivity contribution >= 4 is 33.5 Å². The number of halogens is 1. The molecule has 1 N–H and O–H groups in total. The molecule has 1 amide bonds. The zero-order valence-electron chi connectivity index (χ0n) is 11.3. The number of hydrogen-bond donors (Lipinski definition) is 1. The highest BCUT2D eigenvalue weighted by Crippen LogP contribution is 2.50. The highest BCUT2D eigenvalue weighted by atomic mass is 79.9. The number of carbonyl (C=O) groups is 2. The minimum absolute atomic E-state index is 0.0647. The van der Waals surface area contributed by atoms with Gasteiger partial charge < -0.3 is 10.1 Å². The Hall–Kier alpha value is -1.36. The lowest BCUT2D eigenvalue weighted by atomic mass is 9.70. The number of benzene rings is 1. The molecule has 1 heterocycles. The fourth-order valence-electron chi connectivity index (χ4n) is 3.42. The molecule has 1 aromatic rings. The maximum absolute atomic E-state index is 12.5. The first-order valence-electron chi connectivity index (χ1n) is 6.82. The summed E-state index contributed by atoms with van der Waals surface area (Å²) in [6.07, 6.45) is 5.07. The van der Waals surface area contributed by atoms with Gasteiger partial charge in [0.05, 0.1) is 18.1 Å². The van der Waals surface area contributed by atoms with Crippen LogP contribution in [0, 0.1) is 0 Å². The smallest absolute Gasteiger partial charge is 0.337 e. The van der Waals surface area contributed by atoms with Crippen molar-refractivity contribution in [3.8, 4) is 0 Å². The van der Waals surface area contributed by atoms with Crippen LogP contribution in [-0.2, 0) is 14.9 Å². The van der Waals surface area contributed by atoms with E-state index in [2.05, 4.69) is 21.2 Å². The summed E-state index contributed by atoms with van der Waals surface area (Å²) in [6.45, 7) is 0. The number of carbonyl (C=O) groups excluding carboxylic acids is 2. The number of hydrogen-bond acceptors (Lipinski definition) is 3. The molecule has 5 heteroatoms. The number of ether oxygens (including phenoxy) is 1. The van der Waals surface area contributed by atoms with E-state index in [1.54, 1.807) is 12.1 Å². The zero-order chi connectivity index (χ0) is 14.3. The molecule has 3 rings (SSSR count). The molecule has 1 aliphatic heterocycles. The van der Waals surface area contributed by atoms with Crippen molar-refractivity contribution in [2.75, 3.05) is 12.4 Å². The molecule has 0 saturated heterocycles. The van der Waals surface area contributed by atoms with Gasteiger partial charge in [0.25, 0.3) is 0 Å². The van der Waals surface area contributed by atoms with E-state index >= 15 is 0 Å². The molecular weight excluding hydrogens is 322 g/mol. The second kappa shape index (κ2) is 4.88. The molecule has 0 aromatic heterocycles. The van der Waals surface area contributed by atoms with Gasteiger partial charge in [-0.05, 0) is 25.0 Å². The first-order valence-corrected chi connectivity index (χ1v) is 7.61. The average Bonchev–Trinajstić information content (AvgIpc) is 2.71. The Labute approximate surface area is 126 Å². The Balaban J connectivity index is 2.12. The number of fused-ring (bicyclic) bond motifs is 2. The molecule has 0 radical (unpaired) electrons. The molecule has 106 valence electrons. The number of nitrogens with one attached hydrogen (secondary N) is 1. The molecule has 20 heavy (non-hydrogen) atoms. The van der Waals surface area contributed by atoms with Gasteiger partial charge in [-0.1, -0.05) is 35.2 Å².